The number of hydrogen-bond donors (Lipinski definition) is 1. The standard InChI is InChI=1S/C18H28N2O/c1-18(2)13-20(11-12-21-18)16-10-6-8-14-7-4-5-9-15(14)17(16)19-3/h4-5,7,9,16-17,19H,6,8,10-13H2,1-3H3. The molecule has 2 unspecified atom stereocenters. The Balaban J connectivity index is 1.88. The van der Waals surface area contributed by atoms with E-state index in [2.05, 4.69) is 55.4 Å². The molecule has 1 aliphatic heterocycles. The van der Waals surface area contributed by atoms with Crippen LogP contribution in [0, 0.1) is 0 Å². The zero-order valence-electron chi connectivity index (χ0n) is 13.6. The summed E-state index contributed by atoms with van der Waals surface area (Å²) in [5.74, 6) is 0. The van der Waals surface area contributed by atoms with Crippen molar-refractivity contribution >= 4 is 0 Å². The van der Waals surface area contributed by atoms with Gasteiger partial charge in [0.05, 0.1) is 12.2 Å². The fourth-order valence-corrected chi connectivity index (χ4v) is 4.02. The summed E-state index contributed by atoms with van der Waals surface area (Å²) in [5.41, 5.74) is 2.99. The van der Waals surface area contributed by atoms with Crippen LogP contribution in [0.15, 0.2) is 24.3 Å². The first-order chi connectivity index (χ1) is 10.1. The topological polar surface area (TPSA) is 24.5 Å². The molecule has 1 heterocycles. The van der Waals surface area contributed by atoms with Crippen molar-refractivity contribution in [1.29, 1.82) is 0 Å². The van der Waals surface area contributed by atoms with Crippen LogP contribution < -0.4 is 5.32 Å². The highest BCUT2D eigenvalue weighted by Gasteiger charge is 2.36. The SMILES string of the molecule is CNC1c2ccccc2CCCC1N1CCOC(C)(C)C1. The Morgan fingerprint density at radius 2 is 2.10 bits per heavy atom. The molecule has 1 aromatic rings. The van der Waals surface area contributed by atoms with Crippen LogP contribution in [0.5, 0.6) is 0 Å². The van der Waals surface area contributed by atoms with Crippen molar-refractivity contribution in [2.45, 2.75) is 50.8 Å². The first-order valence-corrected chi connectivity index (χ1v) is 8.24. The zero-order valence-corrected chi connectivity index (χ0v) is 13.6. The van der Waals surface area contributed by atoms with Crippen LogP contribution in [0.2, 0.25) is 0 Å². The second-order valence-electron chi connectivity index (χ2n) is 7.00. The summed E-state index contributed by atoms with van der Waals surface area (Å²) in [4.78, 5) is 2.65. The van der Waals surface area contributed by atoms with E-state index in [-0.39, 0.29) is 5.60 Å². The third-order valence-electron chi connectivity index (χ3n) is 4.96. The molecule has 1 N–H and O–H groups in total. The van der Waals surface area contributed by atoms with Crippen LogP contribution in [0.3, 0.4) is 0 Å². The number of benzene rings is 1. The van der Waals surface area contributed by atoms with E-state index in [4.69, 9.17) is 4.74 Å². The average molecular weight is 288 g/mol. The summed E-state index contributed by atoms with van der Waals surface area (Å²) < 4.78 is 5.89. The summed E-state index contributed by atoms with van der Waals surface area (Å²) in [5, 5.41) is 3.59. The molecule has 2 atom stereocenters. The first kappa shape index (κ1) is 15.0. The Hall–Kier alpha value is -0.900. The molecule has 0 radical (unpaired) electrons. The largest absolute Gasteiger partial charge is 0.373 e. The van der Waals surface area contributed by atoms with E-state index in [0.29, 0.717) is 12.1 Å². The van der Waals surface area contributed by atoms with E-state index in [1.165, 1.54) is 30.4 Å². The van der Waals surface area contributed by atoms with Gasteiger partial charge in [-0.2, -0.15) is 0 Å². The number of rotatable bonds is 2. The molecule has 3 heteroatoms. The van der Waals surface area contributed by atoms with Crippen molar-refractivity contribution in [3.8, 4) is 0 Å². The number of ether oxygens (including phenoxy) is 1. The molecule has 1 fully saturated rings. The predicted octanol–water partition coefficient (Wildman–Crippen LogP) is 2.76. The lowest BCUT2D eigenvalue weighted by Gasteiger charge is -2.44. The van der Waals surface area contributed by atoms with Crippen molar-refractivity contribution in [3.05, 3.63) is 35.4 Å². The maximum Gasteiger partial charge on any atom is 0.0753 e. The number of nitrogens with zero attached hydrogens (tertiary/aromatic N) is 1. The van der Waals surface area contributed by atoms with E-state index >= 15 is 0 Å². The van der Waals surface area contributed by atoms with Gasteiger partial charge in [-0.15, -0.1) is 0 Å². The quantitative estimate of drug-likeness (QED) is 0.847. The summed E-state index contributed by atoms with van der Waals surface area (Å²) in [7, 11) is 2.10. The third kappa shape index (κ3) is 3.15. The van der Waals surface area contributed by atoms with Crippen molar-refractivity contribution in [1.82, 2.24) is 10.2 Å². The van der Waals surface area contributed by atoms with Crippen LogP contribution >= 0.6 is 0 Å². The molecular formula is C18H28N2O. The monoisotopic (exact) mass is 288 g/mol. The smallest absolute Gasteiger partial charge is 0.0753 e. The highest BCUT2D eigenvalue weighted by Crippen LogP contribution is 2.33. The molecule has 0 aromatic heterocycles. The molecular weight excluding hydrogens is 260 g/mol. The van der Waals surface area contributed by atoms with Gasteiger partial charge in [0.15, 0.2) is 0 Å². The normalized spacial score (nSPS) is 29.7. The Kier molecular flexibility index (Phi) is 4.34. The predicted molar refractivity (Wildman–Crippen MR) is 86.6 cm³/mol. The summed E-state index contributed by atoms with van der Waals surface area (Å²) >= 11 is 0. The third-order valence-corrected chi connectivity index (χ3v) is 4.96. The Morgan fingerprint density at radius 3 is 2.86 bits per heavy atom. The minimum Gasteiger partial charge on any atom is -0.373 e. The maximum atomic E-state index is 5.89. The zero-order chi connectivity index (χ0) is 14.9. The minimum atomic E-state index is -0.0254. The average Bonchev–Trinajstić information content (AvgIpc) is 2.65. The molecule has 2 aliphatic rings. The van der Waals surface area contributed by atoms with Gasteiger partial charge in [0.25, 0.3) is 0 Å². The Labute approximate surface area is 128 Å². The number of hydrogen-bond acceptors (Lipinski definition) is 3. The molecule has 3 rings (SSSR count). The van der Waals surface area contributed by atoms with Crippen LogP contribution in [0.25, 0.3) is 0 Å². The molecule has 1 aromatic carbocycles. The molecule has 0 saturated carbocycles. The molecule has 0 bridgehead atoms. The van der Waals surface area contributed by atoms with Gasteiger partial charge >= 0.3 is 0 Å². The van der Waals surface area contributed by atoms with Gasteiger partial charge in [-0.3, -0.25) is 4.90 Å². The summed E-state index contributed by atoms with van der Waals surface area (Å²) in [6.07, 6.45) is 3.74. The number of morpholine rings is 1. The molecule has 21 heavy (non-hydrogen) atoms. The lowest BCUT2D eigenvalue weighted by Crippen LogP contribution is -2.54. The molecule has 3 nitrogen and oxygen atoms in total. The summed E-state index contributed by atoms with van der Waals surface area (Å²) in [6.45, 7) is 7.34. The van der Waals surface area contributed by atoms with Gasteiger partial charge in [0.1, 0.15) is 0 Å². The molecule has 0 spiro atoms. The van der Waals surface area contributed by atoms with Crippen molar-refractivity contribution in [2.75, 3.05) is 26.7 Å². The van der Waals surface area contributed by atoms with Crippen molar-refractivity contribution < 1.29 is 4.74 Å². The fraction of sp³-hybridized carbons (Fsp3) is 0.667. The van der Waals surface area contributed by atoms with Crippen molar-refractivity contribution in [2.24, 2.45) is 0 Å². The van der Waals surface area contributed by atoms with Gasteiger partial charge in [-0.05, 0) is 51.3 Å². The van der Waals surface area contributed by atoms with E-state index in [0.717, 1.165) is 19.7 Å². The molecule has 1 aliphatic carbocycles. The van der Waals surface area contributed by atoms with Crippen LogP contribution in [-0.2, 0) is 11.2 Å². The first-order valence-electron chi connectivity index (χ1n) is 8.24. The van der Waals surface area contributed by atoms with E-state index in [1.807, 2.05) is 0 Å². The van der Waals surface area contributed by atoms with Crippen LogP contribution in [0.1, 0.15) is 43.9 Å². The molecule has 1 saturated heterocycles. The van der Waals surface area contributed by atoms with E-state index in [1.54, 1.807) is 0 Å². The number of likely N-dealkylation sites (N-methyl/N-ethyl adjacent to an activating group) is 1. The highest BCUT2D eigenvalue weighted by molar-refractivity contribution is 5.32. The second kappa shape index (κ2) is 6.07. The number of nitrogens with one attached hydrogen (secondary N) is 1. The number of aryl methyl sites for hydroxylation is 1. The van der Waals surface area contributed by atoms with Gasteiger partial charge in [-0.25, -0.2) is 0 Å². The van der Waals surface area contributed by atoms with Gasteiger partial charge < -0.3 is 10.1 Å². The highest BCUT2D eigenvalue weighted by atomic mass is 16.5. The van der Waals surface area contributed by atoms with E-state index in [9.17, 15) is 0 Å². The second-order valence-corrected chi connectivity index (χ2v) is 7.00. The lowest BCUT2D eigenvalue weighted by molar-refractivity contribution is -0.101. The molecule has 0 amide bonds. The van der Waals surface area contributed by atoms with E-state index < -0.39 is 0 Å². The van der Waals surface area contributed by atoms with Crippen LogP contribution in [0.4, 0.5) is 0 Å². The Morgan fingerprint density at radius 1 is 1.29 bits per heavy atom. The lowest BCUT2D eigenvalue weighted by atomic mass is 9.93. The number of fused-ring (bicyclic) bond motifs is 1. The minimum absolute atomic E-state index is 0.0254. The van der Waals surface area contributed by atoms with Gasteiger partial charge in [-0.1, -0.05) is 24.3 Å². The fourth-order valence-electron chi connectivity index (χ4n) is 4.02. The molecule has 116 valence electrons. The van der Waals surface area contributed by atoms with Crippen LogP contribution in [-0.4, -0.2) is 43.3 Å². The van der Waals surface area contributed by atoms with Gasteiger partial charge in [0, 0.05) is 25.2 Å². The van der Waals surface area contributed by atoms with Crippen molar-refractivity contribution in [3.63, 3.8) is 0 Å². The van der Waals surface area contributed by atoms with Gasteiger partial charge in [0.2, 0.25) is 0 Å². The Bertz CT molecular complexity index is 486. The maximum absolute atomic E-state index is 5.89. The summed E-state index contributed by atoms with van der Waals surface area (Å²) in [6, 6.07) is 9.95.